The number of rotatable bonds is 7. The predicted octanol–water partition coefficient (Wildman–Crippen LogP) is 2.17. The number of nitrogens with zero attached hydrogens (tertiary/aromatic N) is 1. The van der Waals surface area contributed by atoms with Crippen LogP contribution < -0.4 is 0 Å². The van der Waals surface area contributed by atoms with Gasteiger partial charge in [-0.2, -0.15) is 6.42 Å². The van der Waals surface area contributed by atoms with E-state index in [0.29, 0.717) is 0 Å². The van der Waals surface area contributed by atoms with Crippen LogP contribution in [-0.4, -0.2) is 25.9 Å². The van der Waals surface area contributed by atoms with Gasteiger partial charge in [-0.25, -0.2) is 0 Å². The van der Waals surface area contributed by atoms with E-state index in [1.54, 1.807) is 0 Å². The summed E-state index contributed by atoms with van der Waals surface area (Å²) in [5, 5.41) is 0. The van der Waals surface area contributed by atoms with Crippen molar-refractivity contribution in [2.45, 2.75) is 39.0 Å². The van der Waals surface area contributed by atoms with Gasteiger partial charge in [0.15, 0.2) is 7.98 Å². The topological polar surface area (TPSA) is 3.24 Å². The van der Waals surface area contributed by atoms with Crippen molar-refractivity contribution in [3.63, 3.8) is 0 Å². The predicted molar refractivity (Wildman–Crippen MR) is 51.4 cm³/mol. The van der Waals surface area contributed by atoms with Crippen molar-refractivity contribution in [1.29, 1.82) is 0 Å². The van der Waals surface area contributed by atoms with E-state index in [2.05, 4.69) is 13.8 Å². The zero-order chi connectivity index (χ0) is 8.53. The maximum absolute atomic E-state index is 5.61. The van der Waals surface area contributed by atoms with Gasteiger partial charge in [-0.05, 0) is 19.5 Å². The van der Waals surface area contributed by atoms with E-state index >= 15 is 0 Å². The first-order valence-corrected chi connectivity index (χ1v) is 4.60. The summed E-state index contributed by atoms with van der Waals surface area (Å²) in [4.78, 5) is 1.87. The molecule has 0 heterocycles. The molecule has 0 aliphatic carbocycles. The third-order valence-corrected chi connectivity index (χ3v) is 1.85. The fourth-order valence-corrected chi connectivity index (χ4v) is 1.00. The fourth-order valence-electron chi connectivity index (χ4n) is 1.00. The molecule has 0 aliphatic rings. The van der Waals surface area contributed by atoms with Crippen molar-refractivity contribution in [2.75, 3.05) is 13.1 Å². The second kappa shape index (κ2) is 12.1. The smallest absolute Gasteiger partial charge is 0.182 e. The molecule has 0 amide bonds. The molecule has 0 rings (SSSR count). The van der Waals surface area contributed by atoms with E-state index < -0.39 is 0 Å². The first kappa shape index (κ1) is 15.6. The summed E-state index contributed by atoms with van der Waals surface area (Å²) in [7, 11) is 5.61. The third kappa shape index (κ3) is 11.1. The molecule has 0 bridgehead atoms. The van der Waals surface area contributed by atoms with Crippen LogP contribution in [0.2, 0.25) is 0 Å². The van der Waals surface area contributed by atoms with Crippen LogP contribution in [-0.2, 0) is 32.7 Å². The van der Waals surface area contributed by atoms with Crippen molar-refractivity contribution < 1.29 is 32.7 Å². The quantitative estimate of drug-likeness (QED) is 0.375. The molecule has 3 radical (unpaired) electrons. The molecule has 0 saturated heterocycles. The summed E-state index contributed by atoms with van der Waals surface area (Å²) < 4.78 is 0. The van der Waals surface area contributed by atoms with Gasteiger partial charge in [0.2, 0.25) is 0 Å². The molecule has 0 unspecified atom stereocenters. The minimum absolute atomic E-state index is 0. The first-order valence-electron chi connectivity index (χ1n) is 4.60. The van der Waals surface area contributed by atoms with E-state index in [-0.39, 0.29) is 32.7 Å². The number of unbranched alkanes of at least 4 members (excludes halogenated alkanes) is 4. The molecular weight excluding hydrogens is 222 g/mol. The zero-order valence-corrected chi connectivity index (χ0v) is 11.1. The largest absolute Gasteiger partial charge is 0.354 e. The standard InChI is InChI=1S/C9H19BN.Y/c1-3-5-6-7-8-9-11(10)4-2;/h1,3-9H2,2H3;/q-1;. The van der Waals surface area contributed by atoms with Crippen LogP contribution in [0.1, 0.15) is 39.0 Å². The van der Waals surface area contributed by atoms with Crippen LogP contribution in [0.15, 0.2) is 0 Å². The van der Waals surface area contributed by atoms with Crippen LogP contribution in [0.25, 0.3) is 0 Å². The fraction of sp³-hybridized carbons (Fsp3) is 0.889. The Morgan fingerprint density at radius 1 is 1.17 bits per heavy atom. The van der Waals surface area contributed by atoms with E-state index in [1.165, 1.54) is 25.7 Å². The molecule has 0 aromatic carbocycles. The molecule has 0 N–H and O–H groups in total. The monoisotopic (exact) mass is 241 g/mol. The Bertz CT molecular complexity index is 80.9. The second-order valence-corrected chi connectivity index (χ2v) is 2.90. The summed E-state index contributed by atoms with van der Waals surface area (Å²) in [5.41, 5.74) is 0. The van der Waals surface area contributed by atoms with Gasteiger partial charge < -0.3 is 11.7 Å². The molecule has 67 valence electrons. The molecule has 1 nitrogen and oxygen atoms in total. The van der Waals surface area contributed by atoms with Gasteiger partial charge in [0, 0.05) is 32.7 Å². The van der Waals surface area contributed by atoms with Gasteiger partial charge >= 0.3 is 0 Å². The average Bonchev–Trinajstić information content (AvgIpc) is 2.04. The summed E-state index contributed by atoms with van der Waals surface area (Å²) in [6, 6.07) is 0. The average molecular weight is 241 g/mol. The molecule has 0 aromatic heterocycles. The minimum atomic E-state index is 0. The summed E-state index contributed by atoms with van der Waals surface area (Å²) in [5.74, 6) is 0. The van der Waals surface area contributed by atoms with Gasteiger partial charge in [-0.3, -0.25) is 0 Å². The maximum Gasteiger partial charge on any atom is 0.182 e. The van der Waals surface area contributed by atoms with Gasteiger partial charge in [0.25, 0.3) is 0 Å². The van der Waals surface area contributed by atoms with Crippen LogP contribution in [0.5, 0.6) is 0 Å². The minimum Gasteiger partial charge on any atom is -0.354 e. The van der Waals surface area contributed by atoms with E-state index in [1.807, 2.05) is 4.81 Å². The van der Waals surface area contributed by atoms with Gasteiger partial charge in [0.05, 0.1) is 0 Å². The van der Waals surface area contributed by atoms with Crippen molar-refractivity contribution in [2.24, 2.45) is 0 Å². The number of hydrogen-bond acceptors (Lipinski definition) is 1. The van der Waals surface area contributed by atoms with Crippen LogP contribution in [0, 0.1) is 6.92 Å². The molecule has 0 spiro atoms. The van der Waals surface area contributed by atoms with Crippen LogP contribution in [0.3, 0.4) is 0 Å². The number of hydrogen-bond donors (Lipinski definition) is 0. The van der Waals surface area contributed by atoms with Crippen molar-refractivity contribution in [1.82, 2.24) is 4.81 Å². The first-order chi connectivity index (χ1) is 5.31. The molecule has 0 aromatic rings. The SMILES string of the molecule is [B]N(CC)CCCCCC[CH2-].[Y]. The molecule has 3 heteroatoms. The molecule has 0 saturated carbocycles. The molecular formula is C9H19BNY-. The molecule has 0 atom stereocenters. The molecule has 0 fully saturated rings. The normalized spacial score (nSPS) is 9.92. The Labute approximate surface area is 104 Å². The van der Waals surface area contributed by atoms with Crippen LogP contribution in [0.4, 0.5) is 0 Å². The van der Waals surface area contributed by atoms with Gasteiger partial charge in [-0.1, -0.05) is 26.2 Å². The van der Waals surface area contributed by atoms with Crippen molar-refractivity contribution >= 4 is 7.98 Å². The summed E-state index contributed by atoms with van der Waals surface area (Å²) in [6.45, 7) is 7.87. The zero-order valence-electron chi connectivity index (χ0n) is 8.26. The maximum atomic E-state index is 5.61. The Morgan fingerprint density at radius 2 is 1.75 bits per heavy atom. The summed E-state index contributed by atoms with van der Waals surface area (Å²) in [6.07, 6.45) is 6.16. The Hall–Kier alpha value is 1.13. The Kier molecular flexibility index (Phi) is 15.8. The van der Waals surface area contributed by atoms with Gasteiger partial charge in [-0.15, -0.1) is 0 Å². The molecule has 12 heavy (non-hydrogen) atoms. The van der Waals surface area contributed by atoms with E-state index in [0.717, 1.165) is 19.5 Å². The Balaban J connectivity index is 0. The van der Waals surface area contributed by atoms with E-state index in [4.69, 9.17) is 7.98 Å². The third-order valence-electron chi connectivity index (χ3n) is 1.85. The van der Waals surface area contributed by atoms with Gasteiger partial charge in [0.1, 0.15) is 0 Å². The summed E-state index contributed by atoms with van der Waals surface area (Å²) >= 11 is 0. The molecule has 0 aliphatic heterocycles. The second-order valence-electron chi connectivity index (χ2n) is 2.90. The Morgan fingerprint density at radius 3 is 2.25 bits per heavy atom. The van der Waals surface area contributed by atoms with Crippen molar-refractivity contribution in [3.05, 3.63) is 6.92 Å². The van der Waals surface area contributed by atoms with Crippen molar-refractivity contribution in [3.8, 4) is 0 Å². The van der Waals surface area contributed by atoms with E-state index in [9.17, 15) is 0 Å². The van der Waals surface area contributed by atoms with Crippen LogP contribution >= 0.6 is 0 Å².